The lowest BCUT2D eigenvalue weighted by Gasteiger charge is -2.35. The van der Waals surface area contributed by atoms with E-state index in [-0.39, 0.29) is 18.5 Å². The summed E-state index contributed by atoms with van der Waals surface area (Å²) in [5, 5.41) is 7.40. The lowest BCUT2D eigenvalue weighted by molar-refractivity contribution is -0.123. The number of carbonyl (C=O) groups is 1. The minimum Gasteiger partial charge on any atom is -0.396 e. The van der Waals surface area contributed by atoms with Crippen molar-refractivity contribution in [3.63, 3.8) is 0 Å². The van der Waals surface area contributed by atoms with Crippen molar-refractivity contribution >= 4 is 11.6 Å². The molecule has 0 radical (unpaired) electrons. The monoisotopic (exact) mass is 279 g/mol. The molecule has 112 valence electrons. The molecule has 0 aliphatic carbocycles. The van der Waals surface area contributed by atoms with E-state index in [9.17, 15) is 4.79 Å². The molecule has 2 atom stereocenters. The van der Waals surface area contributed by atoms with Crippen LogP contribution in [-0.4, -0.2) is 46.3 Å². The van der Waals surface area contributed by atoms with Gasteiger partial charge >= 0.3 is 0 Å². The molecule has 3 N–H and O–H groups in total. The predicted molar refractivity (Wildman–Crippen MR) is 79.4 cm³/mol. The van der Waals surface area contributed by atoms with Crippen LogP contribution in [0.15, 0.2) is 0 Å². The van der Waals surface area contributed by atoms with E-state index in [1.165, 1.54) is 0 Å². The van der Waals surface area contributed by atoms with Gasteiger partial charge in [0, 0.05) is 18.6 Å². The smallest absolute Gasteiger partial charge is 0.241 e. The standard InChI is InChI=1S/C14H25N5O/c1-9-7-12(5-6-18(9)4)16-13(20)8-19-11(3)14(15)10(2)17-19/h9,12H,5-8,15H2,1-4H3,(H,16,20). The summed E-state index contributed by atoms with van der Waals surface area (Å²) >= 11 is 0. The molecule has 6 nitrogen and oxygen atoms in total. The van der Waals surface area contributed by atoms with Gasteiger partial charge in [-0.25, -0.2) is 0 Å². The fraction of sp³-hybridized carbons (Fsp3) is 0.714. The Labute approximate surface area is 120 Å². The quantitative estimate of drug-likeness (QED) is 0.853. The number of nitrogens with one attached hydrogen (secondary N) is 1. The number of likely N-dealkylation sites (tertiary alicyclic amines) is 1. The zero-order chi connectivity index (χ0) is 14.9. The van der Waals surface area contributed by atoms with Crippen LogP contribution in [0.4, 0.5) is 5.69 Å². The topological polar surface area (TPSA) is 76.2 Å². The molecule has 20 heavy (non-hydrogen) atoms. The van der Waals surface area contributed by atoms with E-state index in [0.29, 0.717) is 11.7 Å². The van der Waals surface area contributed by atoms with Gasteiger partial charge < -0.3 is 16.0 Å². The van der Waals surface area contributed by atoms with Gasteiger partial charge in [-0.3, -0.25) is 9.48 Å². The van der Waals surface area contributed by atoms with Gasteiger partial charge in [-0.2, -0.15) is 5.10 Å². The van der Waals surface area contributed by atoms with Crippen molar-refractivity contribution in [3.05, 3.63) is 11.4 Å². The Morgan fingerprint density at radius 3 is 2.75 bits per heavy atom. The molecule has 0 bridgehead atoms. The molecule has 1 fully saturated rings. The van der Waals surface area contributed by atoms with E-state index in [1.54, 1.807) is 4.68 Å². The van der Waals surface area contributed by atoms with Crippen LogP contribution < -0.4 is 11.1 Å². The highest BCUT2D eigenvalue weighted by molar-refractivity contribution is 5.76. The van der Waals surface area contributed by atoms with Crippen LogP contribution >= 0.6 is 0 Å². The van der Waals surface area contributed by atoms with E-state index in [4.69, 9.17) is 5.73 Å². The molecule has 1 aromatic rings. The molecule has 0 aromatic carbocycles. The summed E-state index contributed by atoms with van der Waals surface area (Å²) in [6.45, 7) is 7.21. The van der Waals surface area contributed by atoms with Crippen LogP contribution in [0.1, 0.15) is 31.2 Å². The summed E-state index contributed by atoms with van der Waals surface area (Å²) in [5.41, 5.74) is 8.18. The summed E-state index contributed by atoms with van der Waals surface area (Å²) in [6, 6.07) is 0.779. The number of carbonyl (C=O) groups excluding carboxylic acids is 1. The summed E-state index contributed by atoms with van der Waals surface area (Å²) in [7, 11) is 2.13. The Balaban J connectivity index is 1.91. The zero-order valence-corrected chi connectivity index (χ0v) is 12.8. The molecule has 1 saturated heterocycles. The van der Waals surface area contributed by atoms with Crippen molar-refractivity contribution in [1.82, 2.24) is 20.0 Å². The molecule has 6 heteroatoms. The first kappa shape index (κ1) is 14.8. The molecule has 2 unspecified atom stereocenters. The summed E-state index contributed by atoms with van der Waals surface area (Å²) in [4.78, 5) is 14.4. The van der Waals surface area contributed by atoms with Gasteiger partial charge in [0.05, 0.1) is 17.1 Å². The van der Waals surface area contributed by atoms with E-state index >= 15 is 0 Å². The molecule has 2 rings (SSSR count). The van der Waals surface area contributed by atoms with Crippen LogP contribution in [0.3, 0.4) is 0 Å². The second-order valence-electron chi connectivity index (χ2n) is 5.86. The van der Waals surface area contributed by atoms with Crippen LogP contribution in [0.5, 0.6) is 0 Å². The lowest BCUT2D eigenvalue weighted by Crippen LogP contribution is -2.48. The SMILES string of the molecule is Cc1nn(CC(=O)NC2CCN(C)C(C)C2)c(C)c1N. The first-order chi connectivity index (χ1) is 9.38. The average Bonchev–Trinajstić information content (AvgIpc) is 2.61. The number of nitrogens with two attached hydrogens (primary N) is 1. The summed E-state index contributed by atoms with van der Waals surface area (Å²) < 4.78 is 1.68. The molecule has 1 aliphatic rings. The maximum Gasteiger partial charge on any atom is 0.241 e. The van der Waals surface area contributed by atoms with Gasteiger partial charge in [0.15, 0.2) is 0 Å². The van der Waals surface area contributed by atoms with Crippen molar-refractivity contribution in [3.8, 4) is 0 Å². The Morgan fingerprint density at radius 2 is 2.20 bits per heavy atom. The highest BCUT2D eigenvalue weighted by Crippen LogP contribution is 2.16. The number of rotatable bonds is 3. The molecule has 1 aromatic heterocycles. The first-order valence-electron chi connectivity index (χ1n) is 7.17. The fourth-order valence-electron chi connectivity index (χ4n) is 2.69. The zero-order valence-electron chi connectivity index (χ0n) is 12.8. The normalized spacial score (nSPS) is 23.8. The Morgan fingerprint density at radius 1 is 1.50 bits per heavy atom. The Bertz CT molecular complexity index is 496. The highest BCUT2D eigenvalue weighted by atomic mass is 16.2. The van der Waals surface area contributed by atoms with Crippen molar-refractivity contribution in [2.45, 2.75) is 52.2 Å². The van der Waals surface area contributed by atoms with Gasteiger partial charge in [0.2, 0.25) is 5.91 Å². The van der Waals surface area contributed by atoms with Crippen LogP contribution in [-0.2, 0) is 11.3 Å². The first-order valence-corrected chi connectivity index (χ1v) is 7.17. The molecule has 0 saturated carbocycles. The second kappa shape index (κ2) is 5.83. The number of hydrogen-bond donors (Lipinski definition) is 2. The van der Waals surface area contributed by atoms with Crippen molar-refractivity contribution in [1.29, 1.82) is 0 Å². The van der Waals surface area contributed by atoms with E-state index < -0.39 is 0 Å². The van der Waals surface area contributed by atoms with Crippen LogP contribution in [0.25, 0.3) is 0 Å². The van der Waals surface area contributed by atoms with E-state index in [2.05, 4.69) is 29.3 Å². The molecule has 1 amide bonds. The fourth-order valence-corrected chi connectivity index (χ4v) is 2.69. The number of amides is 1. The van der Waals surface area contributed by atoms with Crippen LogP contribution in [0.2, 0.25) is 0 Å². The third-order valence-electron chi connectivity index (χ3n) is 4.30. The highest BCUT2D eigenvalue weighted by Gasteiger charge is 2.24. The third-order valence-corrected chi connectivity index (χ3v) is 4.30. The van der Waals surface area contributed by atoms with E-state index in [1.807, 2.05) is 13.8 Å². The summed E-state index contributed by atoms with van der Waals surface area (Å²) in [5.74, 6) is 0.0114. The molecule has 0 spiro atoms. The molecule has 1 aliphatic heterocycles. The van der Waals surface area contributed by atoms with E-state index in [0.717, 1.165) is 30.8 Å². The number of piperidine rings is 1. The number of aryl methyl sites for hydroxylation is 1. The van der Waals surface area contributed by atoms with Crippen LogP contribution in [0, 0.1) is 13.8 Å². The number of nitrogen functional groups attached to an aromatic ring is 1. The minimum absolute atomic E-state index is 0.0114. The van der Waals surface area contributed by atoms with Crippen molar-refractivity contribution in [2.24, 2.45) is 0 Å². The number of nitrogens with zero attached hydrogens (tertiary/aromatic N) is 3. The Kier molecular flexibility index (Phi) is 4.32. The van der Waals surface area contributed by atoms with Gasteiger partial charge in [-0.1, -0.05) is 0 Å². The molecule has 2 heterocycles. The maximum atomic E-state index is 12.1. The van der Waals surface area contributed by atoms with Crippen molar-refractivity contribution < 1.29 is 4.79 Å². The largest absolute Gasteiger partial charge is 0.396 e. The number of aromatic nitrogens is 2. The average molecular weight is 279 g/mol. The molecular weight excluding hydrogens is 254 g/mol. The van der Waals surface area contributed by atoms with Crippen molar-refractivity contribution in [2.75, 3.05) is 19.3 Å². The summed E-state index contributed by atoms with van der Waals surface area (Å²) in [6.07, 6.45) is 2.01. The maximum absolute atomic E-state index is 12.1. The molecular formula is C14H25N5O. The number of hydrogen-bond acceptors (Lipinski definition) is 4. The second-order valence-corrected chi connectivity index (χ2v) is 5.86. The van der Waals surface area contributed by atoms with Gasteiger partial charge in [-0.05, 0) is 40.7 Å². The predicted octanol–water partition coefficient (Wildman–Crippen LogP) is 0.681. The number of anilines is 1. The van der Waals surface area contributed by atoms with Gasteiger partial charge in [0.1, 0.15) is 6.54 Å². The Hall–Kier alpha value is -1.56. The lowest BCUT2D eigenvalue weighted by atomic mass is 9.99. The van der Waals surface area contributed by atoms with Gasteiger partial charge in [0.25, 0.3) is 0 Å². The minimum atomic E-state index is 0.0114. The van der Waals surface area contributed by atoms with Gasteiger partial charge in [-0.15, -0.1) is 0 Å². The third kappa shape index (κ3) is 3.12.